The zero-order valence-corrected chi connectivity index (χ0v) is 12.9. The Morgan fingerprint density at radius 1 is 1.13 bits per heavy atom. The van der Waals surface area contributed by atoms with Crippen molar-refractivity contribution in [2.75, 3.05) is 12.4 Å². The number of aromatic nitrogens is 3. The van der Waals surface area contributed by atoms with Gasteiger partial charge in [0.25, 0.3) is 5.91 Å². The molecule has 0 unspecified atom stereocenters. The van der Waals surface area contributed by atoms with Crippen molar-refractivity contribution in [1.82, 2.24) is 14.5 Å². The maximum Gasteiger partial charge on any atom is 0.259 e. The molecule has 0 saturated heterocycles. The highest BCUT2D eigenvalue weighted by Gasteiger charge is 2.15. The van der Waals surface area contributed by atoms with Crippen molar-refractivity contribution in [2.24, 2.45) is 0 Å². The number of hydrogen-bond donors (Lipinski definition) is 1. The number of carbonyl (C=O) groups excluding carboxylic acids is 1. The van der Waals surface area contributed by atoms with E-state index in [-0.39, 0.29) is 5.91 Å². The second kappa shape index (κ2) is 6.31. The molecule has 3 rings (SSSR count). The molecule has 2 heterocycles. The van der Waals surface area contributed by atoms with E-state index in [0.29, 0.717) is 22.8 Å². The van der Waals surface area contributed by atoms with Gasteiger partial charge in [-0.3, -0.25) is 9.36 Å². The summed E-state index contributed by atoms with van der Waals surface area (Å²) in [6, 6.07) is 10.6. The average Bonchev–Trinajstić information content (AvgIpc) is 3.01. The summed E-state index contributed by atoms with van der Waals surface area (Å²) in [4.78, 5) is 21.1. The van der Waals surface area contributed by atoms with Crippen LogP contribution in [-0.4, -0.2) is 27.6 Å². The first-order valence-corrected chi connectivity index (χ1v) is 7.10. The maximum atomic E-state index is 12.6. The highest BCUT2D eigenvalue weighted by atomic mass is 16.5. The molecule has 0 spiro atoms. The second-order valence-corrected chi connectivity index (χ2v) is 4.87. The van der Waals surface area contributed by atoms with Crippen molar-refractivity contribution in [1.29, 1.82) is 0 Å². The molecular weight excluding hydrogens is 292 g/mol. The van der Waals surface area contributed by atoms with Gasteiger partial charge in [-0.05, 0) is 31.2 Å². The van der Waals surface area contributed by atoms with Gasteiger partial charge in [-0.25, -0.2) is 9.97 Å². The lowest BCUT2D eigenvalue weighted by molar-refractivity contribution is 0.102. The molecule has 3 aromatic rings. The molecule has 1 aromatic carbocycles. The summed E-state index contributed by atoms with van der Waals surface area (Å²) in [5, 5.41) is 2.89. The molecular formula is C17H16N4O2. The van der Waals surface area contributed by atoms with E-state index in [1.165, 1.54) is 7.11 Å². The zero-order valence-electron chi connectivity index (χ0n) is 12.9. The lowest BCUT2D eigenvalue weighted by atomic mass is 10.2. The molecule has 6 nitrogen and oxygen atoms in total. The van der Waals surface area contributed by atoms with E-state index in [2.05, 4.69) is 15.3 Å². The van der Waals surface area contributed by atoms with Gasteiger partial charge in [0, 0.05) is 18.6 Å². The zero-order chi connectivity index (χ0) is 16.2. The summed E-state index contributed by atoms with van der Waals surface area (Å²) in [5.74, 6) is 1.67. The molecule has 0 fully saturated rings. The van der Waals surface area contributed by atoms with Gasteiger partial charge in [-0.2, -0.15) is 0 Å². The Kier molecular flexibility index (Phi) is 4.05. The molecule has 116 valence electrons. The molecule has 0 bridgehead atoms. The first-order valence-electron chi connectivity index (χ1n) is 7.10. The van der Waals surface area contributed by atoms with Crippen molar-refractivity contribution < 1.29 is 9.53 Å². The van der Waals surface area contributed by atoms with Crippen molar-refractivity contribution in [3.63, 3.8) is 0 Å². The average molecular weight is 308 g/mol. The minimum absolute atomic E-state index is 0.255. The summed E-state index contributed by atoms with van der Waals surface area (Å²) < 4.78 is 7.05. The van der Waals surface area contributed by atoms with Crippen LogP contribution in [0.1, 0.15) is 16.2 Å². The largest absolute Gasteiger partial charge is 0.496 e. The molecule has 0 aliphatic carbocycles. The van der Waals surface area contributed by atoms with Crippen molar-refractivity contribution in [3.05, 3.63) is 66.4 Å². The standard InChI is InChI=1S/C17H16N4O2/c1-12-18-10-11-21(12)16-14(7-5-9-19-16)20-17(22)13-6-3-4-8-15(13)23-2/h3-11H,1-2H3,(H,20,22). The third kappa shape index (κ3) is 2.91. The van der Waals surface area contributed by atoms with Gasteiger partial charge in [0.2, 0.25) is 0 Å². The van der Waals surface area contributed by atoms with Gasteiger partial charge in [-0.15, -0.1) is 0 Å². The van der Waals surface area contributed by atoms with E-state index in [1.54, 1.807) is 48.9 Å². The van der Waals surface area contributed by atoms with Crippen LogP contribution in [0.25, 0.3) is 5.82 Å². The number of ether oxygens (including phenoxy) is 1. The van der Waals surface area contributed by atoms with E-state index < -0.39 is 0 Å². The Bertz CT molecular complexity index is 842. The monoisotopic (exact) mass is 308 g/mol. The third-order valence-electron chi connectivity index (χ3n) is 3.44. The van der Waals surface area contributed by atoms with Crippen LogP contribution >= 0.6 is 0 Å². The van der Waals surface area contributed by atoms with E-state index in [4.69, 9.17) is 4.74 Å². The number of rotatable bonds is 4. The molecule has 0 atom stereocenters. The van der Waals surface area contributed by atoms with Crippen LogP contribution in [0, 0.1) is 6.92 Å². The normalized spacial score (nSPS) is 10.3. The van der Waals surface area contributed by atoms with E-state index in [1.807, 2.05) is 17.6 Å². The van der Waals surface area contributed by atoms with Gasteiger partial charge in [0.1, 0.15) is 11.6 Å². The third-order valence-corrected chi connectivity index (χ3v) is 3.44. The molecule has 1 N–H and O–H groups in total. The molecule has 0 aliphatic heterocycles. The minimum atomic E-state index is -0.255. The number of imidazole rings is 1. The second-order valence-electron chi connectivity index (χ2n) is 4.87. The number of hydrogen-bond acceptors (Lipinski definition) is 4. The first kappa shape index (κ1) is 14.8. The molecule has 23 heavy (non-hydrogen) atoms. The minimum Gasteiger partial charge on any atom is -0.496 e. The van der Waals surface area contributed by atoms with Crippen LogP contribution in [0.3, 0.4) is 0 Å². The fourth-order valence-corrected chi connectivity index (χ4v) is 2.31. The SMILES string of the molecule is COc1ccccc1C(=O)Nc1cccnc1-n1ccnc1C. The predicted molar refractivity (Wildman–Crippen MR) is 87.0 cm³/mol. The molecule has 0 aliphatic rings. The quantitative estimate of drug-likeness (QED) is 0.804. The number of carbonyl (C=O) groups is 1. The molecule has 0 saturated carbocycles. The summed E-state index contributed by atoms with van der Waals surface area (Å²) in [7, 11) is 1.54. The van der Waals surface area contributed by atoms with Crippen molar-refractivity contribution in [2.45, 2.75) is 6.92 Å². The van der Waals surface area contributed by atoms with Crippen molar-refractivity contribution >= 4 is 11.6 Å². The summed E-state index contributed by atoms with van der Waals surface area (Å²) in [6.45, 7) is 1.88. The number of nitrogens with zero attached hydrogens (tertiary/aromatic N) is 3. The summed E-state index contributed by atoms with van der Waals surface area (Å²) in [6.07, 6.45) is 5.17. The number of nitrogens with one attached hydrogen (secondary N) is 1. The van der Waals surface area contributed by atoms with Gasteiger partial charge in [0.15, 0.2) is 5.82 Å². The Morgan fingerprint density at radius 3 is 2.70 bits per heavy atom. The lowest BCUT2D eigenvalue weighted by Crippen LogP contribution is -2.15. The summed E-state index contributed by atoms with van der Waals surface area (Å²) in [5.41, 5.74) is 1.07. The van der Waals surface area contributed by atoms with Gasteiger partial charge in [-0.1, -0.05) is 12.1 Å². The smallest absolute Gasteiger partial charge is 0.259 e. The summed E-state index contributed by atoms with van der Waals surface area (Å²) >= 11 is 0. The van der Waals surface area contributed by atoms with E-state index in [0.717, 1.165) is 5.82 Å². The highest BCUT2D eigenvalue weighted by molar-refractivity contribution is 6.06. The van der Waals surface area contributed by atoms with Gasteiger partial charge < -0.3 is 10.1 Å². The van der Waals surface area contributed by atoms with E-state index in [9.17, 15) is 4.79 Å². The number of anilines is 1. The maximum absolute atomic E-state index is 12.6. The topological polar surface area (TPSA) is 69.0 Å². The van der Waals surface area contributed by atoms with Crippen LogP contribution in [0.15, 0.2) is 55.0 Å². The molecule has 2 aromatic heterocycles. The van der Waals surface area contributed by atoms with Crippen LogP contribution in [0.4, 0.5) is 5.69 Å². The Balaban J connectivity index is 1.95. The predicted octanol–water partition coefficient (Wildman–Crippen LogP) is 2.84. The van der Waals surface area contributed by atoms with Crippen LogP contribution in [0.2, 0.25) is 0 Å². The molecule has 6 heteroatoms. The fourth-order valence-electron chi connectivity index (χ4n) is 2.31. The fraction of sp³-hybridized carbons (Fsp3) is 0.118. The number of amides is 1. The Morgan fingerprint density at radius 2 is 1.96 bits per heavy atom. The van der Waals surface area contributed by atoms with Gasteiger partial charge >= 0.3 is 0 Å². The van der Waals surface area contributed by atoms with Crippen LogP contribution in [-0.2, 0) is 0 Å². The Labute approximate surface area is 133 Å². The molecule has 0 radical (unpaired) electrons. The van der Waals surface area contributed by atoms with Gasteiger partial charge in [0.05, 0.1) is 18.4 Å². The Hall–Kier alpha value is -3.15. The van der Waals surface area contributed by atoms with Crippen molar-refractivity contribution in [3.8, 4) is 11.6 Å². The lowest BCUT2D eigenvalue weighted by Gasteiger charge is -2.13. The van der Waals surface area contributed by atoms with Crippen LogP contribution < -0.4 is 10.1 Å². The highest BCUT2D eigenvalue weighted by Crippen LogP contribution is 2.22. The van der Waals surface area contributed by atoms with Crippen LogP contribution in [0.5, 0.6) is 5.75 Å². The number of aryl methyl sites for hydroxylation is 1. The number of benzene rings is 1. The number of pyridine rings is 1. The number of para-hydroxylation sites is 1. The van der Waals surface area contributed by atoms with E-state index >= 15 is 0 Å². The number of methoxy groups -OCH3 is 1. The molecule has 1 amide bonds. The first-order chi connectivity index (χ1) is 11.2.